The summed E-state index contributed by atoms with van der Waals surface area (Å²) in [5.41, 5.74) is 7.72. The third kappa shape index (κ3) is 6.45. The number of nitrogens with one attached hydrogen (secondary N) is 1. The molecular formula is C14H23ClN2O2. The fraction of sp³-hybridized carbons (Fsp3) is 0.500. The van der Waals surface area contributed by atoms with Gasteiger partial charge in [0.2, 0.25) is 5.91 Å². The second-order valence-corrected chi connectivity index (χ2v) is 4.57. The Hall–Kier alpha value is -1.26. The van der Waals surface area contributed by atoms with E-state index in [0.717, 1.165) is 11.3 Å². The lowest BCUT2D eigenvalue weighted by Crippen LogP contribution is -2.38. The number of amides is 1. The molecule has 0 bridgehead atoms. The Balaban J connectivity index is 0.00000324. The van der Waals surface area contributed by atoms with Gasteiger partial charge in [0.15, 0.2) is 0 Å². The minimum atomic E-state index is -0.0299. The summed E-state index contributed by atoms with van der Waals surface area (Å²) in [6.45, 7) is 6.75. The standard InChI is InChI=1S/C14H22N2O2.ClH/c1-10-4-5-13(11(2)8-10)18-7-6-14(17)16-12(3)9-15;/h4-5,8,12H,6-7,9,15H2,1-3H3,(H,16,17);1H/t12-;/m0./s1. The Morgan fingerprint density at radius 2 is 2.11 bits per heavy atom. The van der Waals surface area contributed by atoms with Crippen molar-refractivity contribution in [3.63, 3.8) is 0 Å². The van der Waals surface area contributed by atoms with Crippen molar-refractivity contribution < 1.29 is 9.53 Å². The van der Waals surface area contributed by atoms with Crippen molar-refractivity contribution >= 4 is 18.3 Å². The van der Waals surface area contributed by atoms with Crippen molar-refractivity contribution in [2.45, 2.75) is 33.2 Å². The number of ether oxygens (including phenoxy) is 1. The zero-order valence-electron chi connectivity index (χ0n) is 11.7. The molecule has 1 aromatic rings. The van der Waals surface area contributed by atoms with Crippen LogP contribution < -0.4 is 15.8 Å². The number of aryl methyl sites for hydroxylation is 2. The minimum absolute atomic E-state index is 0. The van der Waals surface area contributed by atoms with E-state index in [2.05, 4.69) is 11.4 Å². The van der Waals surface area contributed by atoms with Crippen LogP contribution in [-0.4, -0.2) is 25.1 Å². The highest BCUT2D eigenvalue weighted by atomic mass is 35.5. The maximum Gasteiger partial charge on any atom is 0.223 e. The van der Waals surface area contributed by atoms with Crippen LogP contribution in [0.5, 0.6) is 5.75 Å². The van der Waals surface area contributed by atoms with Crippen LogP contribution in [0.4, 0.5) is 0 Å². The number of hydrogen-bond donors (Lipinski definition) is 2. The quantitative estimate of drug-likeness (QED) is 0.840. The zero-order chi connectivity index (χ0) is 13.5. The third-order valence-corrected chi connectivity index (χ3v) is 2.68. The van der Waals surface area contributed by atoms with Gasteiger partial charge in [-0.25, -0.2) is 0 Å². The highest BCUT2D eigenvalue weighted by molar-refractivity contribution is 5.85. The summed E-state index contributed by atoms with van der Waals surface area (Å²) in [5, 5.41) is 2.80. The molecule has 0 spiro atoms. The number of rotatable bonds is 6. The van der Waals surface area contributed by atoms with E-state index in [-0.39, 0.29) is 24.4 Å². The Bertz CT molecular complexity index is 410. The van der Waals surface area contributed by atoms with E-state index < -0.39 is 0 Å². The first-order valence-electron chi connectivity index (χ1n) is 6.22. The highest BCUT2D eigenvalue weighted by Crippen LogP contribution is 2.18. The van der Waals surface area contributed by atoms with E-state index in [4.69, 9.17) is 10.5 Å². The number of benzene rings is 1. The third-order valence-electron chi connectivity index (χ3n) is 2.68. The van der Waals surface area contributed by atoms with Gasteiger partial charge in [-0.2, -0.15) is 0 Å². The zero-order valence-corrected chi connectivity index (χ0v) is 12.5. The van der Waals surface area contributed by atoms with Gasteiger partial charge in [-0.1, -0.05) is 17.7 Å². The summed E-state index contributed by atoms with van der Waals surface area (Å²) >= 11 is 0. The first-order valence-corrected chi connectivity index (χ1v) is 6.22. The molecule has 0 aliphatic carbocycles. The lowest BCUT2D eigenvalue weighted by atomic mass is 10.1. The predicted octanol–water partition coefficient (Wildman–Crippen LogP) is 1.96. The molecule has 3 N–H and O–H groups in total. The largest absolute Gasteiger partial charge is 0.493 e. The Morgan fingerprint density at radius 3 is 2.68 bits per heavy atom. The van der Waals surface area contributed by atoms with E-state index in [9.17, 15) is 4.79 Å². The van der Waals surface area contributed by atoms with E-state index >= 15 is 0 Å². The fourth-order valence-corrected chi connectivity index (χ4v) is 1.62. The second kappa shape index (κ2) is 8.77. The van der Waals surface area contributed by atoms with Crippen LogP contribution in [0.25, 0.3) is 0 Å². The van der Waals surface area contributed by atoms with Gasteiger partial charge in [0, 0.05) is 12.6 Å². The first-order chi connectivity index (χ1) is 8.52. The van der Waals surface area contributed by atoms with Crippen LogP contribution in [0.3, 0.4) is 0 Å². The molecule has 0 radical (unpaired) electrons. The van der Waals surface area contributed by atoms with Gasteiger partial charge in [-0.3, -0.25) is 4.79 Å². The molecule has 0 saturated carbocycles. The van der Waals surface area contributed by atoms with Crippen molar-refractivity contribution in [1.82, 2.24) is 5.32 Å². The number of hydrogen-bond acceptors (Lipinski definition) is 3. The number of nitrogens with two attached hydrogens (primary N) is 1. The molecule has 0 saturated heterocycles. The summed E-state index contributed by atoms with van der Waals surface area (Å²) in [6, 6.07) is 6.01. The average molecular weight is 287 g/mol. The molecule has 1 aromatic carbocycles. The van der Waals surface area contributed by atoms with Gasteiger partial charge < -0.3 is 15.8 Å². The average Bonchev–Trinajstić information content (AvgIpc) is 2.31. The van der Waals surface area contributed by atoms with E-state index in [1.165, 1.54) is 5.56 Å². The van der Waals surface area contributed by atoms with Gasteiger partial charge >= 0.3 is 0 Å². The summed E-state index contributed by atoms with van der Waals surface area (Å²) in [6.07, 6.45) is 0.345. The van der Waals surface area contributed by atoms with Gasteiger partial charge in [0.25, 0.3) is 0 Å². The molecule has 0 aliphatic rings. The lowest BCUT2D eigenvalue weighted by molar-refractivity contribution is -0.122. The number of halogens is 1. The smallest absolute Gasteiger partial charge is 0.223 e. The number of carbonyl (C=O) groups is 1. The van der Waals surface area contributed by atoms with E-state index in [0.29, 0.717) is 19.6 Å². The van der Waals surface area contributed by atoms with Gasteiger partial charge in [-0.15, -0.1) is 12.4 Å². The Morgan fingerprint density at radius 1 is 1.42 bits per heavy atom. The van der Waals surface area contributed by atoms with Crippen LogP contribution in [0.2, 0.25) is 0 Å². The van der Waals surface area contributed by atoms with Crippen molar-refractivity contribution in [3.8, 4) is 5.75 Å². The van der Waals surface area contributed by atoms with E-state index in [1.807, 2.05) is 32.9 Å². The summed E-state index contributed by atoms with van der Waals surface area (Å²) in [7, 11) is 0. The van der Waals surface area contributed by atoms with Crippen molar-refractivity contribution in [2.24, 2.45) is 5.73 Å². The summed E-state index contributed by atoms with van der Waals surface area (Å²) in [5.74, 6) is 0.804. The SMILES string of the molecule is Cc1ccc(OCCC(=O)N[C@@H](C)CN)c(C)c1.Cl. The molecule has 5 heteroatoms. The van der Waals surface area contributed by atoms with Crippen molar-refractivity contribution in [3.05, 3.63) is 29.3 Å². The molecule has 0 heterocycles. The second-order valence-electron chi connectivity index (χ2n) is 4.57. The van der Waals surface area contributed by atoms with Crippen molar-refractivity contribution in [2.75, 3.05) is 13.2 Å². The normalized spacial score (nSPS) is 11.4. The van der Waals surface area contributed by atoms with Crippen LogP contribution in [0.15, 0.2) is 18.2 Å². The van der Waals surface area contributed by atoms with Crippen LogP contribution >= 0.6 is 12.4 Å². The Kier molecular flexibility index (Phi) is 8.19. The molecule has 19 heavy (non-hydrogen) atoms. The molecule has 0 unspecified atom stereocenters. The Labute approximate surface area is 121 Å². The minimum Gasteiger partial charge on any atom is -0.493 e. The monoisotopic (exact) mass is 286 g/mol. The van der Waals surface area contributed by atoms with Crippen LogP contribution in [0, 0.1) is 13.8 Å². The fourth-order valence-electron chi connectivity index (χ4n) is 1.62. The molecule has 0 aromatic heterocycles. The first kappa shape index (κ1) is 17.7. The van der Waals surface area contributed by atoms with E-state index in [1.54, 1.807) is 0 Å². The predicted molar refractivity (Wildman–Crippen MR) is 79.9 cm³/mol. The molecule has 0 aliphatic heterocycles. The molecule has 1 rings (SSSR count). The maximum atomic E-state index is 11.5. The molecule has 0 fully saturated rings. The van der Waals surface area contributed by atoms with Crippen LogP contribution in [-0.2, 0) is 4.79 Å². The van der Waals surface area contributed by atoms with Gasteiger partial charge in [-0.05, 0) is 32.4 Å². The molecule has 108 valence electrons. The van der Waals surface area contributed by atoms with Gasteiger partial charge in [0.05, 0.1) is 13.0 Å². The summed E-state index contributed by atoms with van der Waals surface area (Å²) < 4.78 is 5.59. The van der Waals surface area contributed by atoms with Crippen LogP contribution in [0.1, 0.15) is 24.5 Å². The molecule has 1 amide bonds. The number of carbonyl (C=O) groups excluding carboxylic acids is 1. The lowest BCUT2D eigenvalue weighted by Gasteiger charge is -2.12. The van der Waals surface area contributed by atoms with Crippen molar-refractivity contribution in [1.29, 1.82) is 0 Å². The summed E-state index contributed by atoms with van der Waals surface area (Å²) in [4.78, 5) is 11.5. The molecular weight excluding hydrogens is 264 g/mol. The molecule has 4 nitrogen and oxygen atoms in total. The van der Waals surface area contributed by atoms with Gasteiger partial charge in [0.1, 0.15) is 5.75 Å². The maximum absolute atomic E-state index is 11.5. The molecule has 1 atom stereocenters. The topological polar surface area (TPSA) is 64.3 Å². The highest BCUT2D eigenvalue weighted by Gasteiger charge is 2.06.